The molecule has 1 saturated heterocycles. The van der Waals surface area contributed by atoms with Gasteiger partial charge in [-0.25, -0.2) is 0 Å². The second-order valence-corrected chi connectivity index (χ2v) is 7.42. The van der Waals surface area contributed by atoms with Gasteiger partial charge in [0.15, 0.2) is 5.11 Å². The molecule has 0 spiro atoms. The third kappa shape index (κ3) is 5.92. The average Bonchev–Trinajstić information content (AvgIpc) is 2.58. The highest BCUT2D eigenvalue weighted by Crippen LogP contribution is 2.25. The van der Waals surface area contributed by atoms with Crippen LogP contribution in [0.15, 0.2) is 0 Å². The first-order valence-electron chi connectivity index (χ1n) is 9.04. The number of carbonyl (C=O) groups excluding carboxylic acids is 1. The number of rotatable bonds is 5. The summed E-state index contributed by atoms with van der Waals surface area (Å²) >= 11 is 5.48. The number of piperazine rings is 1. The van der Waals surface area contributed by atoms with Gasteiger partial charge in [-0.3, -0.25) is 4.79 Å². The molecule has 5 nitrogen and oxygen atoms in total. The van der Waals surface area contributed by atoms with Gasteiger partial charge < -0.3 is 20.0 Å². The van der Waals surface area contributed by atoms with Crippen LogP contribution in [0, 0.1) is 5.92 Å². The zero-order valence-electron chi connectivity index (χ0n) is 14.7. The van der Waals surface area contributed by atoms with Gasteiger partial charge in [-0.1, -0.05) is 19.3 Å². The highest BCUT2D eigenvalue weighted by Gasteiger charge is 2.28. The van der Waals surface area contributed by atoms with Crippen molar-refractivity contribution < 1.29 is 4.79 Å². The van der Waals surface area contributed by atoms with Crippen LogP contribution in [-0.4, -0.2) is 79.1 Å². The Morgan fingerprint density at radius 2 is 1.70 bits per heavy atom. The molecule has 0 aromatic carbocycles. The van der Waals surface area contributed by atoms with Crippen LogP contribution in [0.25, 0.3) is 0 Å². The summed E-state index contributed by atoms with van der Waals surface area (Å²) in [7, 11) is 4.17. The molecule has 1 aliphatic carbocycles. The van der Waals surface area contributed by atoms with Crippen molar-refractivity contribution in [1.82, 2.24) is 20.0 Å². The Kier molecular flexibility index (Phi) is 7.56. The van der Waals surface area contributed by atoms with E-state index in [4.69, 9.17) is 12.2 Å². The molecule has 1 heterocycles. The van der Waals surface area contributed by atoms with E-state index in [1.807, 2.05) is 0 Å². The van der Waals surface area contributed by atoms with Gasteiger partial charge in [0.25, 0.3) is 0 Å². The minimum absolute atomic E-state index is 0.284. The maximum Gasteiger partial charge on any atom is 0.225 e. The van der Waals surface area contributed by atoms with E-state index in [0.717, 1.165) is 63.6 Å². The molecule has 6 heteroatoms. The van der Waals surface area contributed by atoms with Gasteiger partial charge in [0.2, 0.25) is 5.91 Å². The zero-order valence-corrected chi connectivity index (χ0v) is 15.5. The van der Waals surface area contributed by atoms with Crippen LogP contribution in [0.2, 0.25) is 0 Å². The number of hydrogen-bond donors (Lipinski definition) is 1. The van der Waals surface area contributed by atoms with E-state index in [9.17, 15) is 4.79 Å². The van der Waals surface area contributed by atoms with Crippen molar-refractivity contribution in [3.63, 3.8) is 0 Å². The van der Waals surface area contributed by atoms with E-state index in [0.29, 0.717) is 5.91 Å². The molecule has 23 heavy (non-hydrogen) atoms. The SMILES string of the molecule is CN(C)CCCNC(=S)N1CCN(C(=O)C2CCCCC2)CC1. The second kappa shape index (κ2) is 9.42. The quantitative estimate of drug-likeness (QED) is 0.607. The summed E-state index contributed by atoms with van der Waals surface area (Å²) in [6.07, 6.45) is 7.00. The zero-order chi connectivity index (χ0) is 16.7. The van der Waals surface area contributed by atoms with Gasteiger partial charge in [0.05, 0.1) is 0 Å². The molecule has 2 rings (SSSR count). The van der Waals surface area contributed by atoms with Crippen LogP contribution >= 0.6 is 12.2 Å². The highest BCUT2D eigenvalue weighted by atomic mass is 32.1. The van der Waals surface area contributed by atoms with E-state index in [-0.39, 0.29) is 5.92 Å². The molecule has 1 amide bonds. The molecular weight excluding hydrogens is 308 g/mol. The third-order valence-electron chi connectivity index (χ3n) is 4.89. The minimum atomic E-state index is 0.284. The summed E-state index contributed by atoms with van der Waals surface area (Å²) in [5, 5.41) is 4.18. The lowest BCUT2D eigenvalue weighted by molar-refractivity contribution is -0.137. The maximum atomic E-state index is 12.6. The lowest BCUT2D eigenvalue weighted by Gasteiger charge is -2.38. The summed E-state index contributed by atoms with van der Waals surface area (Å²) in [6, 6.07) is 0. The summed E-state index contributed by atoms with van der Waals surface area (Å²) in [6.45, 7) is 5.33. The monoisotopic (exact) mass is 340 g/mol. The second-order valence-electron chi connectivity index (χ2n) is 7.04. The first-order valence-corrected chi connectivity index (χ1v) is 9.45. The molecule has 1 saturated carbocycles. The van der Waals surface area contributed by atoms with Crippen molar-refractivity contribution >= 4 is 23.2 Å². The molecule has 0 aromatic rings. The van der Waals surface area contributed by atoms with Crippen LogP contribution in [0.4, 0.5) is 0 Å². The van der Waals surface area contributed by atoms with E-state index >= 15 is 0 Å². The first-order chi connectivity index (χ1) is 11.1. The number of amides is 1. The van der Waals surface area contributed by atoms with Crippen molar-refractivity contribution in [3.05, 3.63) is 0 Å². The van der Waals surface area contributed by atoms with Crippen LogP contribution in [-0.2, 0) is 4.79 Å². The van der Waals surface area contributed by atoms with Crippen LogP contribution in [0.3, 0.4) is 0 Å². The molecule has 0 unspecified atom stereocenters. The van der Waals surface area contributed by atoms with Crippen LogP contribution in [0.5, 0.6) is 0 Å². The van der Waals surface area contributed by atoms with E-state index < -0.39 is 0 Å². The summed E-state index contributed by atoms with van der Waals surface area (Å²) in [5.74, 6) is 0.667. The van der Waals surface area contributed by atoms with E-state index in [2.05, 4.69) is 34.1 Å². The van der Waals surface area contributed by atoms with E-state index in [1.54, 1.807) is 0 Å². The minimum Gasteiger partial charge on any atom is -0.363 e. The molecule has 132 valence electrons. The normalized spacial score (nSPS) is 20.0. The average molecular weight is 341 g/mol. The Morgan fingerprint density at radius 3 is 2.30 bits per heavy atom. The Hall–Kier alpha value is -0.880. The fourth-order valence-corrected chi connectivity index (χ4v) is 3.72. The summed E-state index contributed by atoms with van der Waals surface area (Å²) in [5.41, 5.74) is 0. The number of hydrogen-bond acceptors (Lipinski definition) is 3. The molecule has 0 aromatic heterocycles. The first kappa shape index (κ1) is 18.5. The smallest absolute Gasteiger partial charge is 0.225 e. The van der Waals surface area contributed by atoms with E-state index in [1.165, 1.54) is 19.3 Å². The molecule has 1 aliphatic heterocycles. The molecule has 2 fully saturated rings. The molecular formula is C17H32N4OS. The third-order valence-corrected chi connectivity index (χ3v) is 5.29. The number of carbonyl (C=O) groups is 1. The fraction of sp³-hybridized carbons (Fsp3) is 0.882. The molecule has 0 radical (unpaired) electrons. The van der Waals surface area contributed by atoms with Gasteiger partial charge in [-0.2, -0.15) is 0 Å². The standard InChI is InChI=1S/C17H32N4OS/c1-19(2)10-6-9-18-17(23)21-13-11-20(12-14-21)16(22)15-7-4-3-5-8-15/h15H,3-14H2,1-2H3,(H,18,23). The van der Waals surface area contributed by atoms with Crippen molar-refractivity contribution in [1.29, 1.82) is 0 Å². The number of nitrogens with zero attached hydrogens (tertiary/aromatic N) is 3. The predicted octanol–water partition coefficient (Wildman–Crippen LogP) is 1.54. The maximum absolute atomic E-state index is 12.6. The molecule has 2 aliphatic rings. The number of nitrogens with one attached hydrogen (secondary N) is 1. The summed E-state index contributed by atoms with van der Waals surface area (Å²) < 4.78 is 0. The van der Waals surface area contributed by atoms with Gasteiger partial charge in [0.1, 0.15) is 0 Å². The van der Waals surface area contributed by atoms with Crippen molar-refractivity contribution in [2.45, 2.75) is 38.5 Å². The Morgan fingerprint density at radius 1 is 1.09 bits per heavy atom. The lowest BCUT2D eigenvalue weighted by atomic mass is 9.88. The van der Waals surface area contributed by atoms with Crippen molar-refractivity contribution in [2.24, 2.45) is 5.92 Å². The Balaban J connectivity index is 1.66. The van der Waals surface area contributed by atoms with Gasteiger partial charge in [0, 0.05) is 38.6 Å². The Labute approximate surface area is 146 Å². The molecule has 0 atom stereocenters. The van der Waals surface area contributed by atoms with Gasteiger partial charge in [-0.05, 0) is 52.1 Å². The molecule has 1 N–H and O–H groups in total. The highest BCUT2D eigenvalue weighted by molar-refractivity contribution is 7.80. The van der Waals surface area contributed by atoms with Crippen LogP contribution in [0.1, 0.15) is 38.5 Å². The van der Waals surface area contributed by atoms with Gasteiger partial charge in [-0.15, -0.1) is 0 Å². The predicted molar refractivity (Wildman–Crippen MR) is 98.5 cm³/mol. The van der Waals surface area contributed by atoms with Crippen molar-refractivity contribution in [2.75, 3.05) is 53.4 Å². The van der Waals surface area contributed by atoms with Crippen molar-refractivity contribution in [3.8, 4) is 0 Å². The summed E-state index contributed by atoms with van der Waals surface area (Å²) in [4.78, 5) is 19.0. The largest absolute Gasteiger partial charge is 0.363 e. The number of thiocarbonyl (C=S) groups is 1. The van der Waals surface area contributed by atoms with Crippen LogP contribution < -0.4 is 5.32 Å². The molecule has 0 bridgehead atoms. The lowest BCUT2D eigenvalue weighted by Crippen LogP contribution is -2.54. The Bertz CT molecular complexity index is 388. The fourth-order valence-electron chi connectivity index (χ4n) is 3.44. The van der Waals surface area contributed by atoms with Gasteiger partial charge >= 0.3 is 0 Å². The topological polar surface area (TPSA) is 38.8 Å².